The van der Waals surface area contributed by atoms with Crippen molar-refractivity contribution in [3.05, 3.63) is 47.8 Å². The molecule has 8 nitrogen and oxygen atoms in total. The molecular formula is C21H25N5O3. The Morgan fingerprint density at radius 2 is 2.03 bits per heavy atom. The lowest BCUT2D eigenvalue weighted by Gasteiger charge is -2.48. The first-order valence-corrected chi connectivity index (χ1v) is 9.84. The third-order valence-corrected chi connectivity index (χ3v) is 5.91. The molecule has 2 aliphatic rings. The summed E-state index contributed by atoms with van der Waals surface area (Å²) in [6.07, 6.45) is 4.47. The van der Waals surface area contributed by atoms with Crippen LogP contribution in [0.3, 0.4) is 0 Å². The molecule has 1 fully saturated rings. The number of amides is 3. The largest absolute Gasteiger partial charge is 0.337 e. The average molecular weight is 395 g/mol. The van der Waals surface area contributed by atoms with Crippen LogP contribution in [0.25, 0.3) is 0 Å². The number of aromatic nitrogens is 2. The van der Waals surface area contributed by atoms with Gasteiger partial charge in [-0.3, -0.25) is 24.0 Å². The predicted molar refractivity (Wildman–Crippen MR) is 107 cm³/mol. The normalized spacial score (nSPS) is 20.7. The Bertz CT molecular complexity index is 984. The van der Waals surface area contributed by atoms with Gasteiger partial charge in [0.2, 0.25) is 11.8 Å². The van der Waals surface area contributed by atoms with Crippen molar-refractivity contribution in [2.45, 2.75) is 38.9 Å². The summed E-state index contributed by atoms with van der Waals surface area (Å²) in [6.45, 7) is 4.67. The van der Waals surface area contributed by atoms with Crippen molar-refractivity contribution in [3.8, 4) is 0 Å². The minimum absolute atomic E-state index is 0.0207. The zero-order chi connectivity index (χ0) is 20.8. The van der Waals surface area contributed by atoms with Crippen LogP contribution in [0.2, 0.25) is 0 Å². The van der Waals surface area contributed by atoms with Crippen molar-refractivity contribution < 1.29 is 14.4 Å². The van der Waals surface area contributed by atoms with E-state index in [1.165, 1.54) is 0 Å². The van der Waals surface area contributed by atoms with Gasteiger partial charge in [-0.2, -0.15) is 5.10 Å². The first kappa shape index (κ1) is 19.2. The molecule has 2 aromatic rings. The molecule has 29 heavy (non-hydrogen) atoms. The number of carbonyl (C=O) groups is 3. The molecule has 0 N–H and O–H groups in total. The van der Waals surface area contributed by atoms with Gasteiger partial charge in [0, 0.05) is 38.3 Å². The summed E-state index contributed by atoms with van der Waals surface area (Å²) in [4.78, 5) is 44.0. The topological polar surface area (TPSA) is 78.8 Å². The van der Waals surface area contributed by atoms with E-state index >= 15 is 0 Å². The monoisotopic (exact) mass is 395 g/mol. The van der Waals surface area contributed by atoms with E-state index in [9.17, 15) is 14.4 Å². The Morgan fingerprint density at radius 3 is 2.72 bits per heavy atom. The molecular weight excluding hydrogens is 370 g/mol. The van der Waals surface area contributed by atoms with Crippen molar-refractivity contribution >= 4 is 23.4 Å². The Balaban J connectivity index is 1.62. The summed E-state index contributed by atoms with van der Waals surface area (Å²) < 4.78 is 1.70. The fraction of sp³-hybridized carbons (Fsp3) is 0.429. The van der Waals surface area contributed by atoms with Crippen molar-refractivity contribution in [2.24, 2.45) is 7.05 Å². The van der Waals surface area contributed by atoms with E-state index in [1.54, 1.807) is 43.8 Å². The smallest absolute Gasteiger partial charge is 0.258 e. The van der Waals surface area contributed by atoms with Gasteiger partial charge >= 0.3 is 0 Å². The van der Waals surface area contributed by atoms with Gasteiger partial charge < -0.3 is 9.80 Å². The standard InChI is InChI=1S/C21H25N5O3/c1-4-24(13-15-11-22-23(3)12-15)19(28)14-25-20(29)16-7-5-6-8-17(16)26-18(27)9-10-21(25,26)2/h5-8,11-12H,4,9-10,13-14H2,1-3H3. The molecule has 1 aromatic carbocycles. The number of anilines is 1. The molecule has 3 amide bonds. The second-order valence-corrected chi connectivity index (χ2v) is 7.78. The Kier molecular flexibility index (Phi) is 4.64. The summed E-state index contributed by atoms with van der Waals surface area (Å²) in [5.41, 5.74) is 1.20. The lowest BCUT2D eigenvalue weighted by Crippen LogP contribution is -2.64. The quantitative estimate of drug-likeness (QED) is 0.773. The summed E-state index contributed by atoms with van der Waals surface area (Å²) in [7, 11) is 1.83. The summed E-state index contributed by atoms with van der Waals surface area (Å²) in [5.74, 6) is -0.378. The number of nitrogens with zero attached hydrogens (tertiary/aromatic N) is 5. The fourth-order valence-corrected chi connectivity index (χ4v) is 4.33. The molecule has 1 saturated heterocycles. The van der Waals surface area contributed by atoms with Gasteiger partial charge in [0.25, 0.3) is 5.91 Å². The van der Waals surface area contributed by atoms with Crippen LogP contribution in [0.5, 0.6) is 0 Å². The highest BCUT2D eigenvalue weighted by Crippen LogP contribution is 2.43. The third kappa shape index (κ3) is 3.08. The van der Waals surface area contributed by atoms with E-state index in [0.29, 0.717) is 37.2 Å². The van der Waals surface area contributed by atoms with Crippen molar-refractivity contribution in [3.63, 3.8) is 0 Å². The second kappa shape index (κ2) is 7.02. The van der Waals surface area contributed by atoms with Crippen LogP contribution < -0.4 is 4.90 Å². The number of para-hydroxylation sites is 1. The molecule has 2 aliphatic heterocycles. The maximum absolute atomic E-state index is 13.3. The van der Waals surface area contributed by atoms with E-state index < -0.39 is 5.66 Å². The number of benzene rings is 1. The van der Waals surface area contributed by atoms with Crippen LogP contribution in [0.1, 0.15) is 42.6 Å². The number of likely N-dealkylation sites (N-methyl/N-ethyl adjacent to an activating group) is 1. The SMILES string of the molecule is CCN(Cc1cnn(C)c1)C(=O)CN1C(=O)c2ccccc2N2C(=O)CCC12C. The van der Waals surface area contributed by atoms with E-state index in [1.807, 2.05) is 33.2 Å². The van der Waals surface area contributed by atoms with Crippen LogP contribution in [0.4, 0.5) is 5.69 Å². The average Bonchev–Trinajstić information content (AvgIpc) is 3.26. The number of fused-ring (bicyclic) bond motifs is 3. The highest BCUT2D eigenvalue weighted by atomic mass is 16.2. The summed E-state index contributed by atoms with van der Waals surface area (Å²) in [6, 6.07) is 7.12. The summed E-state index contributed by atoms with van der Waals surface area (Å²) >= 11 is 0. The van der Waals surface area contributed by atoms with E-state index in [0.717, 1.165) is 5.56 Å². The van der Waals surface area contributed by atoms with Crippen molar-refractivity contribution in [1.82, 2.24) is 19.6 Å². The van der Waals surface area contributed by atoms with Crippen LogP contribution in [0, 0.1) is 0 Å². The fourth-order valence-electron chi connectivity index (χ4n) is 4.33. The van der Waals surface area contributed by atoms with E-state index in [2.05, 4.69) is 5.10 Å². The van der Waals surface area contributed by atoms with Crippen LogP contribution in [-0.4, -0.2) is 56.1 Å². The molecule has 0 radical (unpaired) electrons. The highest BCUT2D eigenvalue weighted by molar-refractivity contribution is 6.11. The molecule has 1 atom stereocenters. The number of carbonyl (C=O) groups excluding carboxylic acids is 3. The zero-order valence-electron chi connectivity index (χ0n) is 17.0. The van der Waals surface area contributed by atoms with Crippen LogP contribution in [-0.2, 0) is 23.2 Å². The molecule has 8 heteroatoms. The molecule has 4 rings (SSSR count). The maximum atomic E-state index is 13.3. The van der Waals surface area contributed by atoms with Gasteiger partial charge in [-0.25, -0.2) is 0 Å². The minimum Gasteiger partial charge on any atom is -0.337 e. The molecule has 152 valence electrons. The number of hydrogen-bond acceptors (Lipinski definition) is 4. The number of hydrogen-bond donors (Lipinski definition) is 0. The molecule has 0 bridgehead atoms. The first-order valence-electron chi connectivity index (χ1n) is 9.84. The van der Waals surface area contributed by atoms with Crippen molar-refractivity contribution in [2.75, 3.05) is 18.0 Å². The van der Waals surface area contributed by atoms with Gasteiger partial charge in [-0.15, -0.1) is 0 Å². The molecule has 1 unspecified atom stereocenters. The molecule has 0 saturated carbocycles. The zero-order valence-corrected chi connectivity index (χ0v) is 17.0. The van der Waals surface area contributed by atoms with Gasteiger partial charge in [-0.05, 0) is 32.4 Å². The van der Waals surface area contributed by atoms with Gasteiger partial charge in [-0.1, -0.05) is 12.1 Å². The number of rotatable bonds is 5. The van der Waals surface area contributed by atoms with Gasteiger partial charge in [0.05, 0.1) is 17.4 Å². The van der Waals surface area contributed by atoms with Crippen molar-refractivity contribution in [1.29, 1.82) is 0 Å². The van der Waals surface area contributed by atoms with Crippen LogP contribution >= 0.6 is 0 Å². The predicted octanol–water partition coefficient (Wildman–Crippen LogP) is 1.77. The molecule has 0 aliphatic carbocycles. The van der Waals surface area contributed by atoms with Gasteiger partial charge in [0.1, 0.15) is 12.2 Å². The lowest BCUT2D eigenvalue weighted by molar-refractivity contribution is -0.134. The van der Waals surface area contributed by atoms with Gasteiger partial charge in [0.15, 0.2) is 0 Å². The Labute approximate surface area is 169 Å². The van der Waals surface area contributed by atoms with Crippen LogP contribution in [0.15, 0.2) is 36.7 Å². The lowest BCUT2D eigenvalue weighted by atomic mass is 9.98. The second-order valence-electron chi connectivity index (χ2n) is 7.78. The highest BCUT2D eigenvalue weighted by Gasteiger charge is 2.53. The minimum atomic E-state index is -0.827. The Hall–Kier alpha value is -3.16. The number of aryl methyl sites for hydroxylation is 1. The van der Waals surface area contributed by atoms with E-state index in [4.69, 9.17) is 0 Å². The first-order chi connectivity index (χ1) is 13.8. The maximum Gasteiger partial charge on any atom is 0.258 e. The summed E-state index contributed by atoms with van der Waals surface area (Å²) in [5, 5.41) is 4.15. The Morgan fingerprint density at radius 1 is 1.28 bits per heavy atom. The molecule has 1 aromatic heterocycles. The molecule has 3 heterocycles. The van der Waals surface area contributed by atoms with E-state index in [-0.39, 0.29) is 24.3 Å². The third-order valence-electron chi connectivity index (χ3n) is 5.91. The molecule has 0 spiro atoms.